The molecule has 4 atom stereocenters. The topological polar surface area (TPSA) is 142 Å². The number of carbonyl (C=O) groups is 2. The maximum Gasteiger partial charge on any atom is 0.233 e. The number of aliphatic carboxylic acids is 1. The molecular formula is C10H16N2O6S. The van der Waals surface area contributed by atoms with E-state index >= 15 is 0 Å². The van der Waals surface area contributed by atoms with Gasteiger partial charge in [0, 0.05) is 0 Å². The van der Waals surface area contributed by atoms with Crippen LogP contribution in [0.5, 0.6) is 0 Å². The molecule has 8 nitrogen and oxygen atoms in total. The highest BCUT2D eigenvalue weighted by atomic mass is 32.2. The number of quaternary nitrogens is 1. The first kappa shape index (κ1) is 14.2. The number of carbonyl (C=O) groups excluding carboxylic acids is 2. The number of aliphatic hydroxyl groups excluding tert-OH is 1. The number of carboxylic acids is 1. The minimum Gasteiger partial charge on any atom is -0.548 e. The lowest BCUT2D eigenvalue weighted by Gasteiger charge is -2.45. The van der Waals surface area contributed by atoms with Crippen molar-refractivity contribution in [2.75, 3.05) is 6.54 Å². The first-order valence-corrected chi connectivity index (χ1v) is 7.37. The van der Waals surface area contributed by atoms with Crippen molar-refractivity contribution in [2.45, 2.75) is 36.1 Å². The van der Waals surface area contributed by atoms with Crippen LogP contribution in [0.25, 0.3) is 0 Å². The van der Waals surface area contributed by atoms with Gasteiger partial charge >= 0.3 is 0 Å². The molecule has 2 saturated heterocycles. The summed E-state index contributed by atoms with van der Waals surface area (Å²) in [5.41, 5.74) is 3.43. The van der Waals surface area contributed by atoms with E-state index in [4.69, 9.17) is 0 Å². The molecule has 0 aromatic rings. The number of carboxylic acid groups (broad SMARTS) is 1. The summed E-state index contributed by atoms with van der Waals surface area (Å²) < 4.78 is 23.1. The molecule has 2 rings (SSSR count). The SMILES string of the molecule is CC1(C)[C@H](C(=O)[O-])N2C(=O)[C@@H]([C@@H](O)C[NH3+])[C@H]2S1(=O)=O. The van der Waals surface area contributed by atoms with Crippen LogP contribution in [0.1, 0.15) is 13.8 Å². The van der Waals surface area contributed by atoms with Crippen molar-refractivity contribution in [2.24, 2.45) is 5.92 Å². The Morgan fingerprint density at radius 3 is 2.53 bits per heavy atom. The quantitative estimate of drug-likeness (QED) is 0.504. The molecule has 0 unspecified atom stereocenters. The highest BCUT2D eigenvalue weighted by Gasteiger charge is 2.71. The van der Waals surface area contributed by atoms with Gasteiger partial charge in [-0.05, 0) is 13.8 Å². The summed E-state index contributed by atoms with van der Waals surface area (Å²) in [6.45, 7) is 2.48. The van der Waals surface area contributed by atoms with Crippen LogP contribution >= 0.6 is 0 Å². The first-order chi connectivity index (χ1) is 8.59. The highest BCUT2D eigenvalue weighted by Crippen LogP contribution is 2.49. The molecule has 9 heteroatoms. The maximum absolute atomic E-state index is 12.4. The largest absolute Gasteiger partial charge is 0.548 e. The molecule has 0 aromatic carbocycles. The summed E-state index contributed by atoms with van der Waals surface area (Å²) in [6, 6.07) is -1.52. The van der Waals surface area contributed by atoms with E-state index in [2.05, 4.69) is 5.73 Å². The second-order valence-corrected chi connectivity index (χ2v) is 8.01. The van der Waals surface area contributed by atoms with Gasteiger partial charge in [-0.15, -0.1) is 0 Å². The molecule has 0 aliphatic carbocycles. The third kappa shape index (κ3) is 1.49. The molecule has 0 spiro atoms. The number of sulfone groups is 1. The van der Waals surface area contributed by atoms with E-state index in [0.29, 0.717) is 0 Å². The number of β-lactam (4-membered cyclic amide) rings is 1. The van der Waals surface area contributed by atoms with E-state index in [1.54, 1.807) is 0 Å². The van der Waals surface area contributed by atoms with Crippen molar-refractivity contribution in [3.8, 4) is 0 Å². The van der Waals surface area contributed by atoms with Crippen LogP contribution in [0.15, 0.2) is 0 Å². The summed E-state index contributed by atoms with van der Waals surface area (Å²) in [5.74, 6) is -3.41. The Morgan fingerprint density at radius 1 is 1.58 bits per heavy atom. The Bertz CT molecular complexity index is 542. The lowest BCUT2D eigenvalue weighted by atomic mass is 9.88. The zero-order valence-corrected chi connectivity index (χ0v) is 11.4. The van der Waals surface area contributed by atoms with Crippen molar-refractivity contribution in [1.82, 2.24) is 4.90 Å². The molecule has 108 valence electrons. The molecule has 4 N–H and O–H groups in total. The van der Waals surface area contributed by atoms with Gasteiger partial charge in [0.25, 0.3) is 0 Å². The summed E-state index contributed by atoms with van der Waals surface area (Å²) in [6.07, 6.45) is -1.19. The number of hydrogen-bond donors (Lipinski definition) is 2. The maximum atomic E-state index is 12.4. The molecular weight excluding hydrogens is 276 g/mol. The van der Waals surface area contributed by atoms with Gasteiger partial charge in [0.05, 0.1) is 16.8 Å². The average molecular weight is 292 g/mol. The van der Waals surface area contributed by atoms with Gasteiger partial charge in [-0.25, -0.2) is 8.42 Å². The van der Waals surface area contributed by atoms with Gasteiger partial charge in [-0.2, -0.15) is 0 Å². The van der Waals surface area contributed by atoms with Crippen molar-refractivity contribution in [3.63, 3.8) is 0 Å². The standard InChI is InChI=1S/C10H16N2O6S/c1-10(2)6(9(15)16)12-7(14)5(4(13)3-11)8(12)19(10,17)18/h4-6,8,13H,3,11H2,1-2H3,(H,15,16)/t4-,5+,6-,8+/m0/s1. The van der Waals surface area contributed by atoms with Gasteiger partial charge in [-0.1, -0.05) is 0 Å². The Labute approximate surface area is 110 Å². The molecule has 2 aliphatic heterocycles. The van der Waals surface area contributed by atoms with Gasteiger partial charge < -0.3 is 25.6 Å². The monoisotopic (exact) mass is 292 g/mol. The molecule has 0 saturated carbocycles. The Kier molecular flexibility index (Phi) is 2.92. The minimum atomic E-state index is -3.90. The van der Waals surface area contributed by atoms with Crippen LogP contribution in [0.4, 0.5) is 0 Å². The van der Waals surface area contributed by atoms with Crippen LogP contribution < -0.4 is 10.8 Å². The summed E-state index contributed by atoms with van der Waals surface area (Å²) in [7, 11) is -3.90. The van der Waals surface area contributed by atoms with Crippen LogP contribution in [0.2, 0.25) is 0 Å². The van der Waals surface area contributed by atoms with Crippen LogP contribution in [-0.2, 0) is 19.4 Å². The summed E-state index contributed by atoms with van der Waals surface area (Å²) >= 11 is 0. The van der Waals surface area contributed by atoms with Crippen LogP contribution in [0.3, 0.4) is 0 Å². The smallest absolute Gasteiger partial charge is 0.233 e. The van der Waals surface area contributed by atoms with Crippen molar-refractivity contribution in [1.29, 1.82) is 0 Å². The molecule has 0 aromatic heterocycles. The van der Waals surface area contributed by atoms with Crippen molar-refractivity contribution >= 4 is 21.7 Å². The fraction of sp³-hybridized carbons (Fsp3) is 0.800. The highest BCUT2D eigenvalue weighted by molar-refractivity contribution is 7.93. The fourth-order valence-electron chi connectivity index (χ4n) is 2.86. The molecule has 0 radical (unpaired) electrons. The Balaban J connectivity index is 2.51. The van der Waals surface area contributed by atoms with Gasteiger partial charge in [0.15, 0.2) is 9.84 Å². The average Bonchev–Trinajstić information content (AvgIpc) is 2.43. The lowest BCUT2D eigenvalue weighted by molar-refractivity contribution is -0.387. The van der Waals surface area contributed by atoms with Gasteiger partial charge in [-0.3, -0.25) is 4.79 Å². The van der Waals surface area contributed by atoms with E-state index < -0.39 is 49.9 Å². The van der Waals surface area contributed by atoms with E-state index in [1.807, 2.05) is 0 Å². The lowest BCUT2D eigenvalue weighted by Crippen LogP contribution is -2.71. The predicted octanol–water partition coefficient (Wildman–Crippen LogP) is -4.30. The van der Waals surface area contributed by atoms with Crippen LogP contribution in [-0.4, -0.2) is 59.1 Å². The van der Waals surface area contributed by atoms with Crippen molar-refractivity contribution < 1.29 is 34.0 Å². The summed E-state index contributed by atoms with van der Waals surface area (Å²) in [5, 5.41) is 19.5. The molecule has 19 heavy (non-hydrogen) atoms. The second-order valence-electron chi connectivity index (χ2n) is 5.39. The number of hydrogen-bond acceptors (Lipinski definition) is 6. The zero-order chi connectivity index (χ0) is 14.7. The normalized spacial score (nSPS) is 36.5. The molecule has 1 amide bonds. The fourth-order valence-corrected chi connectivity index (χ4v) is 5.21. The number of amides is 1. The first-order valence-electron chi connectivity index (χ1n) is 5.82. The van der Waals surface area contributed by atoms with E-state index in [0.717, 1.165) is 4.90 Å². The number of nitrogens with zero attached hydrogens (tertiary/aromatic N) is 1. The van der Waals surface area contributed by atoms with Gasteiger partial charge in [0.1, 0.15) is 23.9 Å². The van der Waals surface area contributed by atoms with E-state index in [1.165, 1.54) is 13.8 Å². The second kappa shape index (κ2) is 3.90. The Hall–Kier alpha value is -1.19. The van der Waals surface area contributed by atoms with Crippen molar-refractivity contribution in [3.05, 3.63) is 0 Å². The summed E-state index contributed by atoms with van der Waals surface area (Å²) in [4.78, 5) is 23.9. The number of fused-ring (bicyclic) bond motifs is 1. The Morgan fingerprint density at radius 2 is 2.11 bits per heavy atom. The zero-order valence-electron chi connectivity index (χ0n) is 10.6. The van der Waals surface area contributed by atoms with Crippen LogP contribution in [0, 0.1) is 5.92 Å². The molecule has 2 heterocycles. The molecule has 2 fully saturated rings. The molecule has 0 bridgehead atoms. The predicted molar refractivity (Wildman–Crippen MR) is 59.7 cm³/mol. The van der Waals surface area contributed by atoms with Gasteiger partial charge in [0.2, 0.25) is 5.91 Å². The minimum absolute atomic E-state index is 0.0211. The third-order valence-corrected chi connectivity index (χ3v) is 6.89. The number of aliphatic hydroxyl groups is 1. The van der Waals surface area contributed by atoms with E-state index in [-0.39, 0.29) is 6.54 Å². The van der Waals surface area contributed by atoms with E-state index in [9.17, 15) is 28.2 Å². The molecule has 2 aliphatic rings. The number of rotatable bonds is 3. The third-order valence-electron chi connectivity index (χ3n) is 4.04.